The van der Waals surface area contributed by atoms with Crippen LogP contribution >= 0.6 is 0 Å². The highest BCUT2D eigenvalue weighted by Crippen LogP contribution is 2.29. The number of aromatic nitrogens is 2. The molecule has 0 bridgehead atoms. The van der Waals surface area contributed by atoms with Gasteiger partial charge in [-0.15, -0.1) is 0 Å². The molecular weight excluding hydrogens is 186 g/mol. The summed E-state index contributed by atoms with van der Waals surface area (Å²) in [6, 6.07) is -4.65. The molecule has 68 valence electrons. The molecule has 1 N–H and O–H groups in total. The molecule has 0 unspecified atom stereocenters. The zero-order valence-electron chi connectivity index (χ0n) is 5.22. The molecule has 9 heteroatoms. The predicted octanol–water partition coefficient (Wildman–Crippen LogP) is 0.483. The van der Waals surface area contributed by atoms with Gasteiger partial charge in [0.1, 0.15) is 0 Å². The number of halogens is 4. The quantitative estimate of drug-likeness (QED) is 0.415. The Morgan fingerprint density at radius 3 is 2.42 bits per heavy atom. The first-order chi connectivity index (χ1) is 5.44. The highest BCUT2D eigenvalue weighted by atomic mass is 19.4. The summed E-state index contributed by atoms with van der Waals surface area (Å²) >= 11 is 0. The number of rotatable bonds is 2. The Labute approximate surface area is 61.4 Å². The van der Waals surface area contributed by atoms with Gasteiger partial charge in [-0.25, -0.2) is 4.79 Å². The molecule has 0 atom stereocenters. The molecular formula is C3HF4N3O2. The molecule has 0 radical (unpaired) electrons. The highest BCUT2D eigenvalue weighted by molar-refractivity contribution is 4.87. The van der Waals surface area contributed by atoms with Crippen LogP contribution in [0.2, 0.25) is 0 Å². The molecule has 0 aromatic carbocycles. The van der Waals surface area contributed by atoms with Gasteiger partial charge >= 0.3 is 11.8 Å². The number of hydrogen-bond acceptors (Lipinski definition) is 4. The molecule has 0 saturated heterocycles. The second-order valence-corrected chi connectivity index (χ2v) is 1.72. The Hall–Kier alpha value is -1.38. The molecule has 0 spiro atoms. The fourth-order valence-corrected chi connectivity index (χ4v) is 0.440. The van der Waals surface area contributed by atoms with Crippen LogP contribution in [0.4, 0.5) is 17.7 Å². The second-order valence-electron chi connectivity index (χ2n) is 1.72. The van der Waals surface area contributed by atoms with Gasteiger partial charge in [-0.3, -0.25) is 9.51 Å². The van der Waals surface area contributed by atoms with Crippen molar-refractivity contribution in [1.82, 2.24) is 15.5 Å². The van der Waals surface area contributed by atoms with E-state index < -0.39 is 23.0 Å². The number of hydrogen-bond donors (Lipinski definition) is 1. The second kappa shape index (κ2) is 2.59. The summed E-state index contributed by atoms with van der Waals surface area (Å²) in [5.41, 5.74) is 0. The minimum Gasteiger partial charge on any atom is -0.296 e. The first-order valence-corrected chi connectivity index (χ1v) is 2.50. The summed E-state index contributed by atoms with van der Waals surface area (Å²) in [6.07, 6.45) is 0. The molecule has 1 aromatic rings. The Bertz CT molecular complexity index is 317. The SMILES string of the molecule is O=c1[nH]c(C(F)(F)N(F)F)no1. The van der Waals surface area contributed by atoms with Crippen LogP contribution in [0.15, 0.2) is 9.32 Å². The van der Waals surface area contributed by atoms with E-state index in [0.717, 1.165) is 0 Å². The molecule has 0 fully saturated rings. The van der Waals surface area contributed by atoms with Crippen LogP contribution in [0, 0.1) is 0 Å². The zero-order valence-corrected chi connectivity index (χ0v) is 5.22. The van der Waals surface area contributed by atoms with Crippen molar-refractivity contribution in [2.75, 3.05) is 0 Å². The van der Waals surface area contributed by atoms with E-state index in [1.54, 1.807) is 0 Å². The fraction of sp³-hybridized carbons (Fsp3) is 0.333. The average Bonchev–Trinajstić information content (AvgIpc) is 2.35. The Balaban J connectivity index is 3.05. The van der Waals surface area contributed by atoms with E-state index in [1.807, 2.05) is 0 Å². The molecule has 0 aliphatic heterocycles. The molecule has 0 aliphatic carbocycles. The molecule has 0 saturated carbocycles. The van der Waals surface area contributed by atoms with Gasteiger partial charge in [0.05, 0.1) is 5.34 Å². The van der Waals surface area contributed by atoms with Gasteiger partial charge in [0.2, 0.25) is 5.82 Å². The van der Waals surface area contributed by atoms with Crippen molar-refractivity contribution in [3.63, 3.8) is 0 Å². The van der Waals surface area contributed by atoms with E-state index >= 15 is 0 Å². The summed E-state index contributed by atoms with van der Waals surface area (Å²) in [5, 5.41) is 0.00588. The summed E-state index contributed by atoms with van der Waals surface area (Å²) < 4.78 is 50.7. The Kier molecular flexibility index (Phi) is 1.88. The van der Waals surface area contributed by atoms with E-state index in [-0.39, 0.29) is 0 Å². The van der Waals surface area contributed by atoms with Crippen molar-refractivity contribution >= 4 is 0 Å². The lowest BCUT2D eigenvalue weighted by atomic mass is 10.5. The molecule has 1 heterocycles. The molecule has 5 nitrogen and oxygen atoms in total. The fourth-order valence-electron chi connectivity index (χ4n) is 0.440. The third-order valence-electron chi connectivity index (χ3n) is 0.938. The first kappa shape index (κ1) is 8.71. The molecule has 1 aromatic heterocycles. The largest absolute Gasteiger partial charge is 0.439 e. The molecule has 0 aliphatic rings. The van der Waals surface area contributed by atoms with E-state index in [1.165, 1.54) is 4.98 Å². The number of H-pyrrole nitrogens is 1. The summed E-state index contributed by atoms with van der Waals surface area (Å²) in [4.78, 5) is 11.4. The zero-order chi connectivity index (χ0) is 9.35. The molecule has 1 rings (SSSR count). The topological polar surface area (TPSA) is 62.1 Å². The predicted molar refractivity (Wildman–Crippen MR) is 25.1 cm³/mol. The van der Waals surface area contributed by atoms with Crippen molar-refractivity contribution in [3.8, 4) is 0 Å². The lowest BCUT2D eigenvalue weighted by molar-refractivity contribution is -0.344. The van der Waals surface area contributed by atoms with E-state index in [9.17, 15) is 22.5 Å². The highest BCUT2D eigenvalue weighted by Gasteiger charge is 2.46. The van der Waals surface area contributed by atoms with Gasteiger partial charge in [0.15, 0.2) is 0 Å². The van der Waals surface area contributed by atoms with Crippen LogP contribution in [-0.4, -0.2) is 15.5 Å². The lowest BCUT2D eigenvalue weighted by Crippen LogP contribution is -2.28. The van der Waals surface area contributed by atoms with Crippen LogP contribution in [0.5, 0.6) is 0 Å². The van der Waals surface area contributed by atoms with Crippen LogP contribution in [0.25, 0.3) is 0 Å². The third-order valence-corrected chi connectivity index (χ3v) is 0.938. The van der Waals surface area contributed by atoms with E-state index in [2.05, 4.69) is 9.68 Å². The van der Waals surface area contributed by atoms with Crippen molar-refractivity contribution in [1.29, 1.82) is 0 Å². The Morgan fingerprint density at radius 1 is 1.50 bits per heavy atom. The first-order valence-electron chi connectivity index (χ1n) is 2.50. The van der Waals surface area contributed by atoms with Crippen molar-refractivity contribution in [2.45, 2.75) is 6.05 Å². The number of nitrogens with one attached hydrogen (secondary N) is 1. The van der Waals surface area contributed by atoms with Gasteiger partial charge in [-0.1, -0.05) is 14.1 Å². The van der Waals surface area contributed by atoms with Gasteiger partial charge in [-0.2, -0.15) is 8.78 Å². The normalized spacial score (nSPS) is 12.4. The number of nitrogens with zero attached hydrogens (tertiary/aromatic N) is 2. The summed E-state index contributed by atoms with van der Waals surface area (Å²) in [7, 11) is 0. The maximum Gasteiger partial charge on any atom is 0.439 e. The van der Waals surface area contributed by atoms with Gasteiger partial charge < -0.3 is 0 Å². The van der Waals surface area contributed by atoms with Gasteiger partial charge in [0, 0.05) is 0 Å². The van der Waals surface area contributed by atoms with Crippen LogP contribution in [-0.2, 0) is 6.05 Å². The maximum absolute atomic E-state index is 12.2. The molecule has 0 amide bonds. The smallest absolute Gasteiger partial charge is 0.296 e. The van der Waals surface area contributed by atoms with Crippen LogP contribution < -0.4 is 5.76 Å². The minimum absolute atomic E-state index is 1.29. The van der Waals surface area contributed by atoms with Crippen molar-refractivity contribution in [2.24, 2.45) is 0 Å². The number of alkyl halides is 2. The standard InChI is InChI=1S/C3HF4N3O2/c4-3(5,10(6)7)1-8-2(11)12-9-1/h(H,8,9,11). The lowest BCUT2D eigenvalue weighted by Gasteiger charge is -2.10. The van der Waals surface area contributed by atoms with E-state index in [0.29, 0.717) is 0 Å². The minimum atomic E-state index is -4.65. The summed E-state index contributed by atoms with van der Waals surface area (Å²) in [5.74, 6) is -2.87. The Morgan fingerprint density at radius 2 is 2.08 bits per heavy atom. The third kappa shape index (κ3) is 1.30. The summed E-state index contributed by atoms with van der Waals surface area (Å²) in [6.45, 7) is 0. The number of aromatic amines is 1. The van der Waals surface area contributed by atoms with Crippen LogP contribution in [0.1, 0.15) is 5.82 Å². The van der Waals surface area contributed by atoms with Crippen LogP contribution in [0.3, 0.4) is 0 Å². The average molecular weight is 187 g/mol. The monoisotopic (exact) mass is 187 g/mol. The van der Waals surface area contributed by atoms with Crippen molar-refractivity contribution in [3.05, 3.63) is 16.4 Å². The van der Waals surface area contributed by atoms with Gasteiger partial charge in [-0.05, 0) is 0 Å². The maximum atomic E-state index is 12.2. The molecule has 12 heavy (non-hydrogen) atoms. The van der Waals surface area contributed by atoms with Gasteiger partial charge in [0.25, 0.3) is 0 Å². The van der Waals surface area contributed by atoms with E-state index in [4.69, 9.17) is 0 Å². The van der Waals surface area contributed by atoms with Crippen molar-refractivity contribution < 1.29 is 22.3 Å².